The molecular weight excluding hydrogens is 224 g/mol. The van der Waals surface area contributed by atoms with Crippen LogP contribution in [0.5, 0.6) is 0 Å². The summed E-state index contributed by atoms with van der Waals surface area (Å²) >= 11 is 5.97. The van der Waals surface area contributed by atoms with Crippen LogP contribution < -0.4 is 11.1 Å². The van der Waals surface area contributed by atoms with Crippen molar-refractivity contribution in [1.82, 2.24) is 9.97 Å². The lowest BCUT2D eigenvalue weighted by molar-refractivity contribution is 0.629. The Balaban J connectivity index is 3.06. The number of hydrogen-bond acceptors (Lipinski definition) is 4. The standard InChI is InChI=1S/C11H19ClN4/c1-5-6-7-14-9(12)8(13)10(15-7)16-11(2,3)4/h5-6,13H2,1-4H3,(H,14,15,16). The summed E-state index contributed by atoms with van der Waals surface area (Å²) in [4.78, 5) is 8.52. The van der Waals surface area contributed by atoms with E-state index in [-0.39, 0.29) is 5.54 Å². The summed E-state index contributed by atoms with van der Waals surface area (Å²) in [6, 6.07) is 0. The molecule has 3 N–H and O–H groups in total. The quantitative estimate of drug-likeness (QED) is 0.800. The van der Waals surface area contributed by atoms with Crippen molar-refractivity contribution in [3.63, 3.8) is 0 Å². The molecule has 0 amide bonds. The Morgan fingerprint density at radius 1 is 1.31 bits per heavy atom. The minimum atomic E-state index is -0.102. The van der Waals surface area contributed by atoms with Crippen LogP contribution in [0.15, 0.2) is 0 Å². The predicted molar refractivity (Wildman–Crippen MR) is 68.8 cm³/mol. The minimum Gasteiger partial charge on any atom is -0.393 e. The summed E-state index contributed by atoms with van der Waals surface area (Å²) in [5.41, 5.74) is 6.15. The number of nitrogens with two attached hydrogens (primary N) is 1. The van der Waals surface area contributed by atoms with Gasteiger partial charge in [0.05, 0.1) is 0 Å². The van der Waals surface area contributed by atoms with E-state index >= 15 is 0 Å². The summed E-state index contributed by atoms with van der Waals surface area (Å²) in [6.45, 7) is 8.20. The van der Waals surface area contributed by atoms with E-state index in [4.69, 9.17) is 17.3 Å². The summed E-state index contributed by atoms with van der Waals surface area (Å²) in [7, 11) is 0. The monoisotopic (exact) mass is 242 g/mol. The molecule has 0 aromatic carbocycles. The lowest BCUT2D eigenvalue weighted by Gasteiger charge is -2.22. The van der Waals surface area contributed by atoms with Crippen LogP contribution in [0.3, 0.4) is 0 Å². The first-order valence-corrected chi connectivity index (χ1v) is 5.81. The summed E-state index contributed by atoms with van der Waals surface area (Å²) in [5.74, 6) is 1.35. The first-order valence-electron chi connectivity index (χ1n) is 5.43. The normalized spacial score (nSPS) is 11.6. The van der Waals surface area contributed by atoms with E-state index in [0.29, 0.717) is 16.7 Å². The van der Waals surface area contributed by atoms with E-state index < -0.39 is 0 Å². The maximum atomic E-state index is 5.97. The molecule has 90 valence electrons. The Hall–Kier alpha value is -1.03. The van der Waals surface area contributed by atoms with Gasteiger partial charge in [0.25, 0.3) is 0 Å². The molecule has 0 radical (unpaired) electrons. The van der Waals surface area contributed by atoms with Crippen LogP contribution in [-0.2, 0) is 6.42 Å². The number of nitrogens with zero attached hydrogens (tertiary/aromatic N) is 2. The first kappa shape index (κ1) is 13.0. The summed E-state index contributed by atoms with van der Waals surface area (Å²) in [6.07, 6.45) is 1.79. The number of anilines is 2. The lowest BCUT2D eigenvalue weighted by atomic mass is 10.1. The topological polar surface area (TPSA) is 63.8 Å². The average molecular weight is 243 g/mol. The molecule has 5 heteroatoms. The summed E-state index contributed by atoms with van der Waals surface area (Å²) < 4.78 is 0. The molecule has 0 saturated heterocycles. The maximum absolute atomic E-state index is 5.97. The van der Waals surface area contributed by atoms with Crippen LogP contribution in [0.25, 0.3) is 0 Å². The molecule has 0 bridgehead atoms. The van der Waals surface area contributed by atoms with Crippen LogP contribution in [0, 0.1) is 0 Å². The van der Waals surface area contributed by atoms with Gasteiger partial charge in [-0.15, -0.1) is 0 Å². The fourth-order valence-electron chi connectivity index (χ4n) is 1.27. The van der Waals surface area contributed by atoms with Gasteiger partial charge in [-0.05, 0) is 27.2 Å². The molecule has 0 fully saturated rings. The van der Waals surface area contributed by atoms with Crippen molar-refractivity contribution < 1.29 is 0 Å². The van der Waals surface area contributed by atoms with Crippen LogP contribution in [0.4, 0.5) is 11.5 Å². The van der Waals surface area contributed by atoms with Crippen molar-refractivity contribution >= 4 is 23.1 Å². The van der Waals surface area contributed by atoms with E-state index in [1.165, 1.54) is 0 Å². The highest BCUT2D eigenvalue weighted by Gasteiger charge is 2.15. The number of rotatable bonds is 3. The smallest absolute Gasteiger partial charge is 0.157 e. The second-order valence-electron chi connectivity index (χ2n) is 4.82. The second-order valence-corrected chi connectivity index (χ2v) is 5.18. The maximum Gasteiger partial charge on any atom is 0.157 e. The average Bonchev–Trinajstić information content (AvgIpc) is 2.11. The minimum absolute atomic E-state index is 0.102. The molecule has 1 aromatic rings. The highest BCUT2D eigenvalue weighted by molar-refractivity contribution is 6.32. The highest BCUT2D eigenvalue weighted by atomic mass is 35.5. The predicted octanol–water partition coefficient (Wildman–Crippen LogP) is 2.88. The number of aromatic nitrogens is 2. The van der Waals surface area contributed by atoms with Crippen LogP contribution >= 0.6 is 11.6 Å². The molecule has 16 heavy (non-hydrogen) atoms. The Kier molecular flexibility index (Phi) is 3.97. The molecule has 0 aliphatic carbocycles. The van der Waals surface area contributed by atoms with Gasteiger partial charge in [-0.2, -0.15) is 0 Å². The van der Waals surface area contributed by atoms with E-state index in [1.807, 2.05) is 20.8 Å². The van der Waals surface area contributed by atoms with Crippen LogP contribution in [-0.4, -0.2) is 15.5 Å². The second kappa shape index (κ2) is 4.87. The molecule has 1 heterocycles. The number of nitrogen functional groups attached to an aromatic ring is 1. The Morgan fingerprint density at radius 2 is 1.94 bits per heavy atom. The van der Waals surface area contributed by atoms with Gasteiger partial charge in [0.15, 0.2) is 11.0 Å². The van der Waals surface area contributed by atoms with Gasteiger partial charge in [-0.1, -0.05) is 18.5 Å². The molecular formula is C11H19ClN4. The summed E-state index contributed by atoms with van der Waals surface area (Å²) in [5, 5.41) is 3.55. The van der Waals surface area contributed by atoms with Crippen molar-refractivity contribution in [2.24, 2.45) is 0 Å². The van der Waals surface area contributed by atoms with Gasteiger partial charge in [0.2, 0.25) is 0 Å². The number of aryl methyl sites for hydroxylation is 1. The molecule has 4 nitrogen and oxygen atoms in total. The van der Waals surface area contributed by atoms with Crippen molar-refractivity contribution in [3.8, 4) is 0 Å². The third-order valence-electron chi connectivity index (χ3n) is 1.91. The zero-order valence-corrected chi connectivity index (χ0v) is 11.0. The lowest BCUT2D eigenvalue weighted by Crippen LogP contribution is -2.27. The fraction of sp³-hybridized carbons (Fsp3) is 0.636. The largest absolute Gasteiger partial charge is 0.393 e. The third kappa shape index (κ3) is 3.52. The van der Waals surface area contributed by atoms with Gasteiger partial charge in [-0.25, -0.2) is 9.97 Å². The molecule has 0 saturated carbocycles. The fourth-order valence-corrected chi connectivity index (χ4v) is 1.46. The van der Waals surface area contributed by atoms with Crippen molar-refractivity contribution in [1.29, 1.82) is 0 Å². The van der Waals surface area contributed by atoms with Crippen LogP contribution in [0.1, 0.15) is 39.9 Å². The van der Waals surface area contributed by atoms with Gasteiger partial charge in [0.1, 0.15) is 11.5 Å². The number of nitrogens with one attached hydrogen (secondary N) is 1. The van der Waals surface area contributed by atoms with E-state index in [0.717, 1.165) is 18.7 Å². The number of hydrogen-bond donors (Lipinski definition) is 2. The van der Waals surface area contributed by atoms with E-state index in [9.17, 15) is 0 Å². The molecule has 1 aromatic heterocycles. The van der Waals surface area contributed by atoms with Gasteiger partial charge < -0.3 is 11.1 Å². The Morgan fingerprint density at radius 3 is 2.44 bits per heavy atom. The van der Waals surface area contributed by atoms with Crippen LogP contribution in [0.2, 0.25) is 5.15 Å². The van der Waals surface area contributed by atoms with E-state index in [1.54, 1.807) is 0 Å². The molecule has 1 rings (SSSR count). The third-order valence-corrected chi connectivity index (χ3v) is 2.20. The molecule has 0 unspecified atom stereocenters. The zero-order valence-electron chi connectivity index (χ0n) is 10.3. The molecule has 0 aliphatic rings. The highest BCUT2D eigenvalue weighted by Crippen LogP contribution is 2.26. The van der Waals surface area contributed by atoms with Crippen molar-refractivity contribution in [3.05, 3.63) is 11.0 Å². The molecule has 0 spiro atoms. The van der Waals surface area contributed by atoms with Crippen molar-refractivity contribution in [2.75, 3.05) is 11.1 Å². The van der Waals surface area contributed by atoms with Gasteiger partial charge in [-0.3, -0.25) is 0 Å². The molecule has 0 atom stereocenters. The van der Waals surface area contributed by atoms with Gasteiger partial charge >= 0.3 is 0 Å². The van der Waals surface area contributed by atoms with E-state index in [2.05, 4.69) is 22.2 Å². The SMILES string of the molecule is CCCc1nc(Cl)c(N)c(NC(C)(C)C)n1. The van der Waals surface area contributed by atoms with Crippen molar-refractivity contribution in [2.45, 2.75) is 46.1 Å². The van der Waals surface area contributed by atoms with Gasteiger partial charge in [0, 0.05) is 12.0 Å². The number of halogens is 1. The zero-order chi connectivity index (χ0) is 12.3. The molecule has 0 aliphatic heterocycles. The Labute approximate surface area is 102 Å². The Bertz CT molecular complexity index is 371. The first-order chi connectivity index (χ1) is 7.33.